The molecule has 19 heavy (non-hydrogen) atoms. The number of amides is 1. The Labute approximate surface area is 111 Å². The van der Waals surface area contributed by atoms with Gasteiger partial charge in [-0.05, 0) is 13.8 Å². The first-order valence-corrected chi connectivity index (χ1v) is 7.41. The molecular weight excluding hydrogens is 276 g/mol. The number of morpholine rings is 1. The maximum absolute atomic E-state index is 12.0. The minimum Gasteiger partial charge on any atom is -0.480 e. The van der Waals surface area contributed by atoms with Crippen molar-refractivity contribution in [3.05, 3.63) is 0 Å². The first-order chi connectivity index (χ1) is 8.75. The molecule has 0 saturated carbocycles. The van der Waals surface area contributed by atoms with E-state index in [1.165, 1.54) is 11.8 Å². The quantitative estimate of drug-likeness (QED) is 0.646. The fourth-order valence-corrected chi connectivity index (χ4v) is 2.65. The van der Waals surface area contributed by atoms with Crippen LogP contribution in [-0.4, -0.2) is 67.9 Å². The van der Waals surface area contributed by atoms with Crippen LogP contribution in [0.25, 0.3) is 0 Å². The summed E-state index contributed by atoms with van der Waals surface area (Å²) in [5.41, 5.74) is 0. The van der Waals surface area contributed by atoms with Crippen LogP contribution < -0.4 is 4.72 Å². The van der Waals surface area contributed by atoms with Gasteiger partial charge in [0.15, 0.2) is 5.25 Å². The van der Waals surface area contributed by atoms with Crippen molar-refractivity contribution in [2.75, 3.05) is 26.3 Å². The molecule has 1 rings (SSSR count). The second kappa shape index (κ2) is 6.31. The summed E-state index contributed by atoms with van der Waals surface area (Å²) in [6.07, 6.45) is 0. The monoisotopic (exact) mass is 294 g/mol. The molecule has 1 heterocycles. The zero-order valence-corrected chi connectivity index (χ0v) is 11.6. The SMILES string of the molecule is CC(NS(=O)(=O)C(C)C(=O)O)C(=O)N1CCOCC1. The lowest BCUT2D eigenvalue weighted by molar-refractivity contribution is -0.137. The Kier molecular flexibility index (Phi) is 5.27. The van der Waals surface area contributed by atoms with E-state index >= 15 is 0 Å². The molecule has 0 radical (unpaired) electrons. The van der Waals surface area contributed by atoms with Crippen molar-refractivity contribution < 1.29 is 27.9 Å². The van der Waals surface area contributed by atoms with E-state index in [1.807, 2.05) is 0 Å². The number of aliphatic carboxylic acids is 1. The molecule has 0 aromatic heterocycles. The molecule has 0 spiro atoms. The Bertz CT molecular complexity index is 443. The van der Waals surface area contributed by atoms with Gasteiger partial charge in [0, 0.05) is 13.1 Å². The topological polar surface area (TPSA) is 113 Å². The van der Waals surface area contributed by atoms with Crippen LogP contribution in [0.3, 0.4) is 0 Å². The minimum absolute atomic E-state index is 0.385. The highest BCUT2D eigenvalue weighted by atomic mass is 32.2. The molecular formula is C10H18N2O6S. The van der Waals surface area contributed by atoms with Crippen molar-refractivity contribution >= 4 is 21.9 Å². The molecule has 110 valence electrons. The van der Waals surface area contributed by atoms with E-state index in [9.17, 15) is 18.0 Å². The molecule has 0 aromatic carbocycles. The molecule has 0 aliphatic carbocycles. The molecule has 9 heteroatoms. The molecule has 1 amide bonds. The maximum Gasteiger partial charge on any atom is 0.323 e. The van der Waals surface area contributed by atoms with Crippen molar-refractivity contribution in [3.8, 4) is 0 Å². The van der Waals surface area contributed by atoms with Gasteiger partial charge >= 0.3 is 5.97 Å². The maximum atomic E-state index is 12.0. The van der Waals surface area contributed by atoms with Gasteiger partial charge in [-0.1, -0.05) is 0 Å². The first kappa shape index (κ1) is 15.9. The van der Waals surface area contributed by atoms with Crippen LogP contribution in [0.4, 0.5) is 0 Å². The fourth-order valence-electron chi connectivity index (χ4n) is 1.59. The second-order valence-corrected chi connectivity index (χ2v) is 6.34. The molecule has 2 unspecified atom stereocenters. The van der Waals surface area contributed by atoms with Crippen molar-refractivity contribution in [2.24, 2.45) is 0 Å². The van der Waals surface area contributed by atoms with E-state index in [0.717, 1.165) is 6.92 Å². The summed E-state index contributed by atoms with van der Waals surface area (Å²) in [4.78, 5) is 24.1. The molecule has 1 aliphatic heterocycles. The number of ether oxygens (including phenoxy) is 1. The number of carbonyl (C=O) groups excluding carboxylic acids is 1. The van der Waals surface area contributed by atoms with Crippen molar-refractivity contribution in [1.82, 2.24) is 9.62 Å². The Hall–Kier alpha value is -1.19. The number of carboxylic acid groups (broad SMARTS) is 1. The lowest BCUT2D eigenvalue weighted by Crippen LogP contribution is -2.52. The number of nitrogens with one attached hydrogen (secondary N) is 1. The summed E-state index contributed by atoms with van der Waals surface area (Å²) < 4.78 is 30.5. The molecule has 1 fully saturated rings. The van der Waals surface area contributed by atoms with Crippen LogP contribution in [0.5, 0.6) is 0 Å². The molecule has 8 nitrogen and oxygen atoms in total. The number of sulfonamides is 1. The summed E-state index contributed by atoms with van der Waals surface area (Å²) in [5, 5.41) is 7.08. The van der Waals surface area contributed by atoms with Gasteiger partial charge in [-0.15, -0.1) is 0 Å². The van der Waals surface area contributed by atoms with Gasteiger partial charge in [-0.2, -0.15) is 0 Å². The van der Waals surface area contributed by atoms with Crippen LogP contribution in [0, 0.1) is 0 Å². The Morgan fingerprint density at radius 2 is 1.79 bits per heavy atom. The fraction of sp³-hybridized carbons (Fsp3) is 0.800. The normalized spacial score (nSPS) is 19.8. The smallest absolute Gasteiger partial charge is 0.323 e. The van der Waals surface area contributed by atoms with E-state index in [2.05, 4.69) is 4.72 Å². The van der Waals surface area contributed by atoms with Crippen molar-refractivity contribution in [3.63, 3.8) is 0 Å². The highest BCUT2D eigenvalue weighted by molar-refractivity contribution is 7.90. The third-order valence-corrected chi connectivity index (χ3v) is 4.66. The standard InChI is InChI=1S/C10H18N2O6S/c1-7(9(13)12-3-5-18-6-4-12)11-19(16,17)8(2)10(14)15/h7-8,11H,3-6H2,1-2H3,(H,14,15). The highest BCUT2D eigenvalue weighted by Gasteiger charge is 2.32. The molecule has 0 bridgehead atoms. The van der Waals surface area contributed by atoms with Crippen LogP contribution in [0.1, 0.15) is 13.8 Å². The van der Waals surface area contributed by atoms with Gasteiger partial charge in [-0.25, -0.2) is 13.1 Å². The average Bonchev–Trinajstić information content (AvgIpc) is 2.37. The number of carbonyl (C=O) groups is 2. The van der Waals surface area contributed by atoms with Gasteiger partial charge in [0.05, 0.1) is 19.3 Å². The van der Waals surface area contributed by atoms with E-state index in [1.54, 1.807) is 0 Å². The Balaban J connectivity index is 2.65. The zero-order chi connectivity index (χ0) is 14.6. The van der Waals surface area contributed by atoms with Crippen molar-refractivity contribution in [1.29, 1.82) is 0 Å². The van der Waals surface area contributed by atoms with Crippen LogP contribution in [-0.2, 0) is 24.3 Å². The van der Waals surface area contributed by atoms with Gasteiger partial charge in [0.2, 0.25) is 15.9 Å². The predicted octanol–water partition coefficient (Wildman–Crippen LogP) is -1.37. The third-order valence-electron chi connectivity index (χ3n) is 2.85. The van der Waals surface area contributed by atoms with Gasteiger partial charge in [-0.3, -0.25) is 9.59 Å². The largest absolute Gasteiger partial charge is 0.480 e. The predicted molar refractivity (Wildman–Crippen MR) is 66.0 cm³/mol. The van der Waals surface area contributed by atoms with Crippen LogP contribution >= 0.6 is 0 Å². The van der Waals surface area contributed by atoms with Crippen molar-refractivity contribution in [2.45, 2.75) is 25.1 Å². The Morgan fingerprint density at radius 1 is 1.26 bits per heavy atom. The lowest BCUT2D eigenvalue weighted by atomic mass is 10.3. The van der Waals surface area contributed by atoms with Gasteiger partial charge < -0.3 is 14.7 Å². The summed E-state index contributed by atoms with van der Waals surface area (Å²) >= 11 is 0. The molecule has 1 aliphatic rings. The summed E-state index contributed by atoms with van der Waals surface area (Å²) in [6.45, 7) is 4.08. The van der Waals surface area contributed by atoms with Crippen LogP contribution in [0.15, 0.2) is 0 Å². The first-order valence-electron chi connectivity index (χ1n) is 5.86. The van der Waals surface area contributed by atoms with E-state index < -0.39 is 27.3 Å². The number of hydrogen-bond acceptors (Lipinski definition) is 5. The average molecular weight is 294 g/mol. The van der Waals surface area contributed by atoms with E-state index in [-0.39, 0.29) is 5.91 Å². The number of hydrogen-bond donors (Lipinski definition) is 2. The van der Waals surface area contributed by atoms with Gasteiger partial charge in [0.25, 0.3) is 0 Å². The number of rotatable bonds is 5. The summed E-state index contributed by atoms with van der Waals surface area (Å²) in [7, 11) is -4.07. The molecule has 1 saturated heterocycles. The third kappa shape index (κ3) is 4.15. The number of nitrogens with zero attached hydrogens (tertiary/aromatic N) is 1. The minimum atomic E-state index is -4.07. The highest BCUT2D eigenvalue weighted by Crippen LogP contribution is 2.04. The molecule has 2 N–H and O–H groups in total. The molecule has 2 atom stereocenters. The zero-order valence-electron chi connectivity index (χ0n) is 10.8. The Morgan fingerprint density at radius 3 is 2.26 bits per heavy atom. The second-order valence-electron chi connectivity index (χ2n) is 4.30. The number of carboxylic acids is 1. The van der Waals surface area contributed by atoms with Gasteiger partial charge in [0.1, 0.15) is 0 Å². The summed E-state index contributed by atoms with van der Waals surface area (Å²) in [5.74, 6) is -1.84. The van der Waals surface area contributed by atoms with E-state index in [4.69, 9.17) is 9.84 Å². The summed E-state index contributed by atoms with van der Waals surface area (Å²) in [6, 6.07) is -0.995. The lowest BCUT2D eigenvalue weighted by Gasteiger charge is -2.29. The van der Waals surface area contributed by atoms with Crippen LogP contribution in [0.2, 0.25) is 0 Å². The van der Waals surface area contributed by atoms with E-state index in [0.29, 0.717) is 26.3 Å². The molecule has 0 aromatic rings.